The number of methoxy groups -OCH3 is 1. The number of hydrogen-bond donors (Lipinski definition) is 2. The van der Waals surface area contributed by atoms with Crippen molar-refractivity contribution in [3.63, 3.8) is 0 Å². The third-order valence-electron chi connectivity index (χ3n) is 5.66. The summed E-state index contributed by atoms with van der Waals surface area (Å²) in [6, 6.07) is 30.4. The average molecular weight is 519 g/mol. The van der Waals surface area contributed by atoms with Crippen molar-refractivity contribution in [3.05, 3.63) is 114 Å². The quantitative estimate of drug-likeness (QED) is 0.134. The predicted octanol–water partition coefficient (Wildman–Crippen LogP) is 4.69. The molecule has 0 aliphatic heterocycles. The minimum absolute atomic E-state index is 0.164. The Morgan fingerprint density at radius 1 is 0.946 bits per heavy atom. The Labute approximate surface area is 218 Å². The number of carboxylic acid groups (broad SMARTS) is 1. The van der Waals surface area contributed by atoms with Crippen molar-refractivity contribution in [1.82, 2.24) is 9.36 Å². The van der Waals surface area contributed by atoms with Crippen molar-refractivity contribution >= 4 is 28.5 Å². The van der Waals surface area contributed by atoms with Crippen LogP contribution in [0.5, 0.6) is 0 Å². The lowest BCUT2D eigenvalue weighted by molar-refractivity contribution is -0.131. The summed E-state index contributed by atoms with van der Waals surface area (Å²) in [4.78, 5) is 20.5. The summed E-state index contributed by atoms with van der Waals surface area (Å²) in [6.07, 6.45) is -0.729. The Hall–Kier alpha value is -4.28. The van der Waals surface area contributed by atoms with Crippen molar-refractivity contribution in [3.8, 4) is 0 Å². The standard InChI is InChI=1S/C27H26N4O5S/c1-34-22(18-36-24(25(32)33)30-35-2)23-28-26(37-31-23)29-27(19-12-6-3-7-13-19,20-14-8-4-9-15-20)21-16-10-5-11-17-21/h3-17,22H,18H2,1-2H3,(H,32,33)(H,28,29,31). The molecule has 0 aliphatic rings. The van der Waals surface area contributed by atoms with E-state index in [0.717, 1.165) is 16.7 Å². The first-order valence-corrected chi connectivity index (χ1v) is 12.1. The number of carboxylic acids is 1. The van der Waals surface area contributed by atoms with Gasteiger partial charge in [-0.05, 0) is 21.8 Å². The van der Waals surface area contributed by atoms with Gasteiger partial charge in [0.05, 0.1) is 0 Å². The largest absolute Gasteiger partial charge is 0.474 e. The molecule has 0 saturated carbocycles. The van der Waals surface area contributed by atoms with Gasteiger partial charge < -0.3 is 24.7 Å². The van der Waals surface area contributed by atoms with E-state index in [0.29, 0.717) is 11.0 Å². The van der Waals surface area contributed by atoms with Crippen molar-refractivity contribution in [2.45, 2.75) is 11.6 Å². The molecule has 0 saturated heterocycles. The average Bonchev–Trinajstić information content (AvgIpc) is 3.41. The third kappa shape index (κ3) is 5.76. The fourth-order valence-corrected chi connectivity index (χ4v) is 4.64. The summed E-state index contributed by atoms with van der Waals surface area (Å²) >= 11 is 1.18. The number of ether oxygens (including phenoxy) is 2. The first-order valence-electron chi connectivity index (χ1n) is 11.4. The number of aromatic nitrogens is 2. The van der Waals surface area contributed by atoms with Crippen LogP contribution in [0, 0.1) is 0 Å². The second-order valence-corrected chi connectivity index (χ2v) is 8.60. The molecule has 0 amide bonds. The predicted molar refractivity (Wildman–Crippen MR) is 141 cm³/mol. The van der Waals surface area contributed by atoms with E-state index in [9.17, 15) is 9.90 Å². The lowest BCUT2D eigenvalue weighted by Gasteiger charge is -2.36. The van der Waals surface area contributed by atoms with Crippen molar-refractivity contribution < 1.29 is 24.2 Å². The third-order valence-corrected chi connectivity index (χ3v) is 6.30. The highest BCUT2D eigenvalue weighted by molar-refractivity contribution is 7.09. The number of anilines is 1. The number of benzene rings is 3. The Kier molecular flexibility index (Phi) is 8.44. The molecule has 0 fully saturated rings. The van der Waals surface area contributed by atoms with Crippen LogP contribution in [0.15, 0.2) is 96.2 Å². The van der Waals surface area contributed by atoms with Crippen molar-refractivity contribution in [2.24, 2.45) is 5.16 Å². The SMILES string of the molecule is CON=C(OCC(OC)c1nsc(NC(c2ccccc2)(c2ccccc2)c2ccccc2)n1)C(=O)O. The molecule has 37 heavy (non-hydrogen) atoms. The first-order chi connectivity index (χ1) is 18.1. The molecular formula is C27H26N4O5S. The van der Waals surface area contributed by atoms with Crippen LogP contribution in [0.1, 0.15) is 28.6 Å². The molecule has 2 N–H and O–H groups in total. The van der Waals surface area contributed by atoms with Gasteiger partial charge in [-0.2, -0.15) is 4.37 Å². The molecule has 9 nitrogen and oxygen atoms in total. The van der Waals surface area contributed by atoms with Crippen LogP contribution in [0.3, 0.4) is 0 Å². The monoisotopic (exact) mass is 518 g/mol. The number of nitrogens with zero attached hydrogens (tertiary/aromatic N) is 3. The lowest BCUT2D eigenvalue weighted by Crippen LogP contribution is -2.38. The van der Waals surface area contributed by atoms with E-state index < -0.39 is 23.5 Å². The Morgan fingerprint density at radius 2 is 1.46 bits per heavy atom. The zero-order valence-electron chi connectivity index (χ0n) is 20.3. The van der Waals surface area contributed by atoms with Crippen LogP contribution in [0.25, 0.3) is 0 Å². The zero-order valence-corrected chi connectivity index (χ0v) is 21.1. The number of nitrogens with one attached hydrogen (secondary N) is 1. The number of carbonyl (C=O) groups is 1. The minimum atomic E-state index is -1.36. The topological polar surface area (TPSA) is 115 Å². The van der Waals surface area contributed by atoms with Gasteiger partial charge in [-0.25, -0.2) is 9.78 Å². The fourth-order valence-electron chi connectivity index (χ4n) is 3.97. The molecule has 0 aliphatic carbocycles. The number of rotatable bonds is 10. The summed E-state index contributed by atoms with van der Waals surface area (Å²) in [5.41, 5.74) is 2.31. The Balaban J connectivity index is 1.72. The van der Waals surface area contributed by atoms with E-state index in [4.69, 9.17) is 9.47 Å². The van der Waals surface area contributed by atoms with Crippen LogP contribution in [0.4, 0.5) is 5.13 Å². The second-order valence-electron chi connectivity index (χ2n) is 7.85. The van der Waals surface area contributed by atoms with E-state index in [1.807, 2.05) is 54.6 Å². The highest BCUT2D eigenvalue weighted by atomic mass is 32.1. The van der Waals surface area contributed by atoms with E-state index in [-0.39, 0.29) is 6.61 Å². The molecule has 3 aromatic carbocycles. The summed E-state index contributed by atoms with van der Waals surface area (Å²) in [7, 11) is 2.71. The highest BCUT2D eigenvalue weighted by Crippen LogP contribution is 2.40. The molecule has 10 heteroatoms. The zero-order chi connectivity index (χ0) is 26.1. The molecule has 4 rings (SSSR count). The van der Waals surface area contributed by atoms with Gasteiger partial charge in [0, 0.05) is 18.6 Å². The summed E-state index contributed by atoms with van der Waals surface area (Å²) in [5, 5.41) is 16.8. The smallest absolute Gasteiger partial charge is 0.394 e. The molecular weight excluding hydrogens is 492 g/mol. The molecule has 1 unspecified atom stereocenters. The van der Waals surface area contributed by atoms with Gasteiger partial charge in [-0.15, -0.1) is 0 Å². The lowest BCUT2D eigenvalue weighted by atomic mass is 9.77. The Bertz CT molecular complexity index is 1220. The van der Waals surface area contributed by atoms with Crippen LogP contribution >= 0.6 is 11.5 Å². The molecule has 4 aromatic rings. The maximum Gasteiger partial charge on any atom is 0.394 e. The maximum atomic E-state index is 11.3. The van der Waals surface area contributed by atoms with Crippen LogP contribution in [0.2, 0.25) is 0 Å². The highest BCUT2D eigenvalue weighted by Gasteiger charge is 2.37. The van der Waals surface area contributed by atoms with Crippen molar-refractivity contribution in [1.29, 1.82) is 0 Å². The first kappa shape index (κ1) is 25.8. The second kappa shape index (κ2) is 12.1. The van der Waals surface area contributed by atoms with Gasteiger partial charge in [0.1, 0.15) is 19.3 Å². The van der Waals surface area contributed by atoms with Gasteiger partial charge in [0.2, 0.25) is 5.13 Å². The number of oxime groups is 1. The van der Waals surface area contributed by atoms with E-state index in [2.05, 4.69) is 61.1 Å². The minimum Gasteiger partial charge on any atom is -0.474 e. The number of aliphatic carboxylic acids is 1. The summed E-state index contributed by atoms with van der Waals surface area (Å²) in [6.45, 7) is -0.164. The van der Waals surface area contributed by atoms with Gasteiger partial charge in [0.25, 0.3) is 0 Å². The molecule has 1 heterocycles. The van der Waals surface area contributed by atoms with E-state index in [1.165, 1.54) is 25.8 Å². The van der Waals surface area contributed by atoms with E-state index >= 15 is 0 Å². The van der Waals surface area contributed by atoms with Crippen LogP contribution in [-0.4, -0.2) is 47.2 Å². The summed E-state index contributed by atoms with van der Waals surface area (Å²) in [5.74, 6) is -1.60. The normalized spacial score (nSPS) is 12.5. The maximum absolute atomic E-state index is 11.3. The van der Waals surface area contributed by atoms with Gasteiger partial charge in [0.15, 0.2) is 11.9 Å². The molecule has 1 atom stereocenters. The van der Waals surface area contributed by atoms with Gasteiger partial charge >= 0.3 is 11.9 Å². The number of hydrogen-bond acceptors (Lipinski definition) is 9. The van der Waals surface area contributed by atoms with E-state index in [1.54, 1.807) is 0 Å². The molecule has 190 valence electrons. The van der Waals surface area contributed by atoms with Gasteiger partial charge in [-0.3, -0.25) is 0 Å². The summed E-state index contributed by atoms with van der Waals surface area (Å²) < 4.78 is 15.2. The van der Waals surface area contributed by atoms with Crippen LogP contribution < -0.4 is 5.32 Å². The molecule has 1 aromatic heterocycles. The molecule has 0 bridgehead atoms. The van der Waals surface area contributed by atoms with Crippen molar-refractivity contribution in [2.75, 3.05) is 26.1 Å². The Morgan fingerprint density at radius 3 is 1.89 bits per heavy atom. The fraction of sp³-hybridized carbons (Fsp3) is 0.185. The van der Waals surface area contributed by atoms with Gasteiger partial charge in [-0.1, -0.05) is 91.0 Å². The van der Waals surface area contributed by atoms with Crippen LogP contribution in [-0.2, 0) is 24.6 Å². The molecule has 0 spiro atoms. The molecule has 0 radical (unpaired) electrons.